The Morgan fingerprint density at radius 1 is 1.00 bits per heavy atom. The van der Waals surface area contributed by atoms with Gasteiger partial charge in [0, 0.05) is 32.4 Å². The van der Waals surface area contributed by atoms with Crippen LogP contribution in [0, 0.1) is 6.92 Å². The maximum Gasteiger partial charge on any atom is 0.211 e. The van der Waals surface area contributed by atoms with E-state index in [1.54, 1.807) is 6.20 Å². The molecule has 1 saturated heterocycles. The fourth-order valence-corrected chi connectivity index (χ4v) is 3.31. The Bertz CT molecular complexity index is 784. The van der Waals surface area contributed by atoms with E-state index in [0.29, 0.717) is 37.8 Å². The summed E-state index contributed by atoms with van der Waals surface area (Å²) < 4.78 is 24.6. The number of hydrogen-bond acceptors (Lipinski definition) is 7. The number of sulfonamides is 1. The second kappa shape index (κ2) is 6.70. The molecule has 0 amide bonds. The van der Waals surface area contributed by atoms with Crippen molar-refractivity contribution >= 4 is 27.5 Å². The number of anilines is 3. The van der Waals surface area contributed by atoms with Crippen LogP contribution in [0.25, 0.3) is 0 Å². The first-order chi connectivity index (χ1) is 11.4. The fraction of sp³-hybridized carbons (Fsp3) is 0.400. The number of nitrogens with zero attached hydrogens (tertiary/aromatic N) is 5. The molecule has 0 spiro atoms. The Balaban J connectivity index is 1.62. The zero-order valence-electron chi connectivity index (χ0n) is 13.7. The smallest absolute Gasteiger partial charge is 0.211 e. The van der Waals surface area contributed by atoms with Gasteiger partial charge in [-0.2, -0.15) is 4.31 Å². The second-order valence-electron chi connectivity index (χ2n) is 5.77. The van der Waals surface area contributed by atoms with Crippen LogP contribution in [-0.2, 0) is 10.0 Å². The Labute approximate surface area is 141 Å². The molecule has 3 rings (SSSR count). The Hall–Kier alpha value is -2.26. The number of nitrogens with one attached hydrogen (secondary N) is 1. The molecule has 1 aliphatic rings. The number of aromatic nitrogens is 3. The Morgan fingerprint density at radius 2 is 1.71 bits per heavy atom. The van der Waals surface area contributed by atoms with Gasteiger partial charge in [0.1, 0.15) is 5.82 Å². The van der Waals surface area contributed by atoms with Crippen LogP contribution in [0.3, 0.4) is 0 Å². The van der Waals surface area contributed by atoms with E-state index in [1.807, 2.05) is 36.1 Å². The first kappa shape index (κ1) is 16.6. The van der Waals surface area contributed by atoms with Crippen LogP contribution < -0.4 is 10.2 Å². The van der Waals surface area contributed by atoms with Crippen LogP contribution in [0.5, 0.6) is 0 Å². The largest absolute Gasteiger partial charge is 0.352 e. The molecule has 1 fully saturated rings. The van der Waals surface area contributed by atoms with Crippen LogP contribution >= 0.6 is 0 Å². The monoisotopic (exact) mass is 348 g/mol. The number of aryl methyl sites for hydroxylation is 1. The van der Waals surface area contributed by atoms with E-state index in [0.717, 1.165) is 11.4 Å². The molecule has 2 aromatic rings. The third-order valence-corrected chi connectivity index (χ3v) is 5.15. The van der Waals surface area contributed by atoms with Crippen LogP contribution in [0.1, 0.15) is 5.56 Å². The molecule has 128 valence electrons. The van der Waals surface area contributed by atoms with Crippen LogP contribution in [-0.4, -0.2) is 60.3 Å². The number of hydrogen-bond donors (Lipinski definition) is 1. The highest BCUT2D eigenvalue weighted by molar-refractivity contribution is 7.88. The summed E-state index contributed by atoms with van der Waals surface area (Å²) in [6.45, 7) is 4.12. The van der Waals surface area contributed by atoms with E-state index >= 15 is 0 Å². The molecule has 0 radical (unpaired) electrons. The van der Waals surface area contributed by atoms with Crippen molar-refractivity contribution < 1.29 is 8.42 Å². The lowest BCUT2D eigenvalue weighted by Crippen LogP contribution is -2.48. The summed E-state index contributed by atoms with van der Waals surface area (Å²) in [4.78, 5) is 6.30. The van der Waals surface area contributed by atoms with Gasteiger partial charge in [-0.15, -0.1) is 10.2 Å². The maximum absolute atomic E-state index is 11.5. The average Bonchev–Trinajstić information content (AvgIpc) is 2.57. The molecule has 8 nitrogen and oxygen atoms in total. The van der Waals surface area contributed by atoms with E-state index in [1.165, 1.54) is 10.6 Å². The zero-order chi connectivity index (χ0) is 17.2. The molecule has 0 bridgehead atoms. The van der Waals surface area contributed by atoms with Crippen molar-refractivity contribution in [3.63, 3.8) is 0 Å². The molecule has 0 unspecified atom stereocenters. The second-order valence-corrected chi connectivity index (χ2v) is 7.75. The number of rotatable bonds is 4. The van der Waals surface area contributed by atoms with Gasteiger partial charge in [0.15, 0.2) is 11.6 Å². The van der Waals surface area contributed by atoms with Gasteiger partial charge in [-0.1, -0.05) is 6.07 Å². The van der Waals surface area contributed by atoms with Crippen LogP contribution in [0.4, 0.5) is 17.5 Å². The van der Waals surface area contributed by atoms with Crippen molar-refractivity contribution in [3.05, 3.63) is 36.0 Å². The van der Waals surface area contributed by atoms with Crippen molar-refractivity contribution in [1.82, 2.24) is 19.5 Å². The minimum atomic E-state index is -3.12. The lowest BCUT2D eigenvalue weighted by molar-refractivity contribution is 0.386. The van der Waals surface area contributed by atoms with E-state index in [4.69, 9.17) is 0 Å². The molecule has 1 N–H and O–H groups in total. The SMILES string of the molecule is Cc1ccc(Nc2ccc(N3CCN(S(C)(=O)=O)CC3)nn2)nc1. The molecule has 24 heavy (non-hydrogen) atoms. The van der Waals surface area contributed by atoms with Crippen molar-refractivity contribution in [1.29, 1.82) is 0 Å². The van der Waals surface area contributed by atoms with Crippen LogP contribution in [0.2, 0.25) is 0 Å². The lowest BCUT2D eigenvalue weighted by Gasteiger charge is -2.33. The van der Waals surface area contributed by atoms with Crippen molar-refractivity contribution in [2.45, 2.75) is 6.92 Å². The fourth-order valence-electron chi connectivity index (χ4n) is 2.48. The molecule has 2 aromatic heterocycles. The van der Waals surface area contributed by atoms with Crippen LogP contribution in [0.15, 0.2) is 30.5 Å². The Kier molecular flexibility index (Phi) is 4.63. The zero-order valence-corrected chi connectivity index (χ0v) is 14.5. The predicted molar refractivity (Wildman–Crippen MR) is 92.9 cm³/mol. The summed E-state index contributed by atoms with van der Waals surface area (Å²) in [7, 11) is -3.12. The lowest BCUT2D eigenvalue weighted by atomic mass is 10.3. The minimum Gasteiger partial charge on any atom is -0.352 e. The highest BCUT2D eigenvalue weighted by Crippen LogP contribution is 2.17. The average molecular weight is 348 g/mol. The highest BCUT2D eigenvalue weighted by atomic mass is 32.2. The highest BCUT2D eigenvalue weighted by Gasteiger charge is 2.24. The Morgan fingerprint density at radius 3 is 2.25 bits per heavy atom. The van der Waals surface area contributed by atoms with Gasteiger partial charge < -0.3 is 10.2 Å². The summed E-state index contributed by atoms with van der Waals surface area (Å²) in [5.41, 5.74) is 1.09. The standard InChI is InChI=1S/C15H20N6O2S/c1-12-3-4-13(16-11-12)17-14-5-6-15(19-18-14)20-7-9-21(10-8-20)24(2,22)23/h3-6,11H,7-10H2,1-2H3,(H,16,17,18). The topological polar surface area (TPSA) is 91.3 Å². The number of piperazine rings is 1. The molecule has 0 saturated carbocycles. The first-order valence-electron chi connectivity index (χ1n) is 7.65. The molecule has 0 aliphatic carbocycles. The molecule has 3 heterocycles. The number of pyridine rings is 1. The van der Waals surface area contributed by atoms with Gasteiger partial charge in [-0.05, 0) is 30.7 Å². The third kappa shape index (κ3) is 3.98. The summed E-state index contributed by atoms with van der Waals surface area (Å²) in [6, 6.07) is 7.57. The quantitative estimate of drug-likeness (QED) is 0.881. The van der Waals surface area contributed by atoms with Gasteiger partial charge in [-0.25, -0.2) is 13.4 Å². The van der Waals surface area contributed by atoms with E-state index in [-0.39, 0.29) is 0 Å². The summed E-state index contributed by atoms with van der Waals surface area (Å²) >= 11 is 0. The summed E-state index contributed by atoms with van der Waals surface area (Å²) in [5, 5.41) is 11.5. The van der Waals surface area contributed by atoms with Crippen molar-refractivity contribution in [2.75, 3.05) is 42.7 Å². The van der Waals surface area contributed by atoms with Gasteiger partial charge in [0.25, 0.3) is 0 Å². The normalized spacial score (nSPS) is 16.2. The van der Waals surface area contributed by atoms with Gasteiger partial charge in [0.05, 0.1) is 6.26 Å². The molecule has 9 heteroatoms. The molecular weight excluding hydrogens is 328 g/mol. The summed E-state index contributed by atoms with van der Waals surface area (Å²) in [5.74, 6) is 2.07. The molecule has 0 atom stereocenters. The molecule has 1 aliphatic heterocycles. The van der Waals surface area contributed by atoms with Gasteiger partial charge in [0.2, 0.25) is 10.0 Å². The third-order valence-electron chi connectivity index (χ3n) is 3.85. The molecule has 0 aromatic carbocycles. The first-order valence-corrected chi connectivity index (χ1v) is 9.50. The van der Waals surface area contributed by atoms with Gasteiger partial charge >= 0.3 is 0 Å². The summed E-state index contributed by atoms with van der Waals surface area (Å²) in [6.07, 6.45) is 3.02. The van der Waals surface area contributed by atoms with E-state index in [9.17, 15) is 8.42 Å². The minimum absolute atomic E-state index is 0.466. The van der Waals surface area contributed by atoms with E-state index in [2.05, 4.69) is 20.5 Å². The van der Waals surface area contributed by atoms with Crippen molar-refractivity contribution in [3.8, 4) is 0 Å². The van der Waals surface area contributed by atoms with Gasteiger partial charge in [-0.3, -0.25) is 0 Å². The molecular formula is C15H20N6O2S. The maximum atomic E-state index is 11.5. The predicted octanol–water partition coefficient (Wildman–Crippen LogP) is 1.01. The van der Waals surface area contributed by atoms with E-state index < -0.39 is 10.0 Å². The van der Waals surface area contributed by atoms with Crippen molar-refractivity contribution in [2.24, 2.45) is 0 Å².